The highest BCUT2D eigenvalue weighted by molar-refractivity contribution is 5.98. The van der Waals surface area contributed by atoms with E-state index in [4.69, 9.17) is 0 Å². The lowest BCUT2D eigenvalue weighted by Crippen LogP contribution is -2.64. The molecule has 12 heteroatoms. The van der Waals surface area contributed by atoms with E-state index >= 15 is 0 Å². The molecule has 12 nitrogen and oxygen atoms in total. The second-order valence-electron chi connectivity index (χ2n) is 11.1. The Labute approximate surface area is 256 Å². The van der Waals surface area contributed by atoms with Crippen LogP contribution in [0.15, 0.2) is 73.2 Å². The first-order valence-electron chi connectivity index (χ1n) is 14.4. The molecule has 1 aliphatic heterocycles. The van der Waals surface area contributed by atoms with E-state index in [1.165, 1.54) is 42.2 Å². The van der Waals surface area contributed by atoms with E-state index in [0.717, 1.165) is 5.56 Å². The summed E-state index contributed by atoms with van der Waals surface area (Å²) in [5.41, 5.74) is 1.23. The van der Waals surface area contributed by atoms with Crippen molar-refractivity contribution in [3.05, 3.63) is 90.0 Å². The van der Waals surface area contributed by atoms with Crippen molar-refractivity contribution in [3.63, 3.8) is 0 Å². The third-order valence-electron chi connectivity index (χ3n) is 8.20. The molecule has 1 fully saturated rings. The van der Waals surface area contributed by atoms with Crippen LogP contribution >= 0.6 is 0 Å². The average Bonchev–Trinajstić information content (AvgIpc) is 3.04. The van der Waals surface area contributed by atoms with Crippen LogP contribution in [0.1, 0.15) is 35.5 Å². The minimum atomic E-state index is -1.36. The lowest BCUT2D eigenvalue weighted by molar-refractivity contribution is -0.151. The Morgan fingerprint density at radius 1 is 0.909 bits per heavy atom. The van der Waals surface area contributed by atoms with E-state index in [2.05, 4.69) is 20.6 Å². The maximum atomic E-state index is 14.1. The molecule has 4 rings (SSSR count). The van der Waals surface area contributed by atoms with Crippen LogP contribution in [0.25, 0.3) is 0 Å². The second kappa shape index (κ2) is 14.1. The SMILES string of the molecule is C[C@@H]1[C@H](NC(=O)c2ncccc2O)C(=O)N[C@@H](Cc2cccnc2)[C@@H](O)[C@@H](C)C(=O)N(C)C(Cc2ccccc2)C(=O)N1C. The summed E-state index contributed by atoms with van der Waals surface area (Å²) in [5, 5.41) is 27.2. The van der Waals surface area contributed by atoms with Gasteiger partial charge in [0.05, 0.1) is 24.1 Å². The van der Waals surface area contributed by atoms with Gasteiger partial charge in [-0.3, -0.25) is 24.2 Å². The first-order valence-corrected chi connectivity index (χ1v) is 14.4. The van der Waals surface area contributed by atoms with Gasteiger partial charge in [0, 0.05) is 39.1 Å². The number of aromatic hydroxyl groups is 1. The maximum absolute atomic E-state index is 14.1. The number of carbonyl (C=O) groups is 4. The van der Waals surface area contributed by atoms with Crippen molar-refractivity contribution in [2.45, 2.75) is 57.0 Å². The molecule has 1 unspecified atom stereocenters. The smallest absolute Gasteiger partial charge is 0.274 e. The highest BCUT2D eigenvalue weighted by atomic mass is 16.3. The van der Waals surface area contributed by atoms with Crippen molar-refractivity contribution in [3.8, 4) is 5.75 Å². The van der Waals surface area contributed by atoms with Gasteiger partial charge in [-0.25, -0.2) is 4.98 Å². The number of carbonyl (C=O) groups excluding carboxylic acids is 4. The Hall–Kier alpha value is -4.84. The van der Waals surface area contributed by atoms with Gasteiger partial charge in [0.25, 0.3) is 5.91 Å². The monoisotopic (exact) mass is 602 g/mol. The molecule has 0 spiro atoms. The predicted molar refractivity (Wildman–Crippen MR) is 161 cm³/mol. The van der Waals surface area contributed by atoms with Gasteiger partial charge in [-0.05, 0) is 42.7 Å². The topological polar surface area (TPSA) is 165 Å². The third-order valence-corrected chi connectivity index (χ3v) is 8.20. The van der Waals surface area contributed by atoms with Gasteiger partial charge in [0.2, 0.25) is 17.7 Å². The summed E-state index contributed by atoms with van der Waals surface area (Å²) in [6.07, 6.45) is 3.50. The van der Waals surface area contributed by atoms with Crippen LogP contribution in [0.3, 0.4) is 0 Å². The van der Waals surface area contributed by atoms with Crippen LogP contribution in [0.5, 0.6) is 5.75 Å². The minimum absolute atomic E-state index is 0.139. The number of likely N-dealkylation sites (N-methyl/N-ethyl adjacent to an activating group) is 2. The second-order valence-corrected chi connectivity index (χ2v) is 11.1. The summed E-state index contributed by atoms with van der Waals surface area (Å²) in [5.74, 6) is -3.82. The van der Waals surface area contributed by atoms with Crippen molar-refractivity contribution >= 4 is 23.6 Å². The van der Waals surface area contributed by atoms with Crippen molar-refractivity contribution in [1.29, 1.82) is 0 Å². The summed E-state index contributed by atoms with van der Waals surface area (Å²) >= 11 is 0. The molecule has 1 aliphatic rings. The summed E-state index contributed by atoms with van der Waals surface area (Å²) in [7, 11) is 3.03. The molecule has 6 atom stereocenters. The number of amides is 4. The Bertz CT molecular complexity index is 1470. The molecule has 2 aromatic heterocycles. The van der Waals surface area contributed by atoms with Gasteiger partial charge in [-0.2, -0.15) is 0 Å². The van der Waals surface area contributed by atoms with E-state index in [0.29, 0.717) is 5.56 Å². The zero-order chi connectivity index (χ0) is 32.0. The van der Waals surface area contributed by atoms with Crippen molar-refractivity contribution in [2.75, 3.05) is 14.1 Å². The van der Waals surface area contributed by atoms with Gasteiger partial charge in [-0.1, -0.05) is 43.3 Å². The van der Waals surface area contributed by atoms with Crippen molar-refractivity contribution in [2.24, 2.45) is 5.92 Å². The minimum Gasteiger partial charge on any atom is -0.505 e. The largest absolute Gasteiger partial charge is 0.505 e. The van der Waals surface area contributed by atoms with Gasteiger partial charge >= 0.3 is 0 Å². The Balaban J connectivity index is 1.77. The van der Waals surface area contributed by atoms with Crippen molar-refractivity contribution in [1.82, 2.24) is 30.4 Å². The molecule has 0 radical (unpaired) electrons. The van der Waals surface area contributed by atoms with E-state index in [1.54, 1.807) is 38.4 Å². The summed E-state index contributed by atoms with van der Waals surface area (Å²) in [4.78, 5) is 65.7. The number of aromatic nitrogens is 2. The van der Waals surface area contributed by atoms with E-state index in [-0.39, 0.29) is 24.3 Å². The number of nitrogens with one attached hydrogen (secondary N) is 2. The van der Waals surface area contributed by atoms with Crippen LogP contribution in [0, 0.1) is 5.92 Å². The quantitative estimate of drug-likeness (QED) is 0.324. The maximum Gasteiger partial charge on any atom is 0.274 e. The Kier molecular flexibility index (Phi) is 10.3. The lowest BCUT2D eigenvalue weighted by Gasteiger charge is -2.40. The number of pyridine rings is 2. The fourth-order valence-corrected chi connectivity index (χ4v) is 5.35. The fraction of sp³-hybridized carbons (Fsp3) is 0.375. The van der Waals surface area contributed by atoms with Gasteiger partial charge in [0.1, 0.15) is 17.8 Å². The molecule has 44 heavy (non-hydrogen) atoms. The molecule has 0 aliphatic carbocycles. The lowest BCUT2D eigenvalue weighted by atomic mass is 9.90. The van der Waals surface area contributed by atoms with E-state index in [9.17, 15) is 29.4 Å². The Morgan fingerprint density at radius 2 is 1.59 bits per heavy atom. The van der Waals surface area contributed by atoms with Crippen molar-refractivity contribution < 1.29 is 29.4 Å². The summed E-state index contributed by atoms with van der Waals surface area (Å²) in [6, 6.07) is 11.3. The zero-order valence-corrected chi connectivity index (χ0v) is 25.1. The third kappa shape index (κ3) is 7.20. The molecular weight excluding hydrogens is 564 g/mol. The molecule has 0 saturated carbocycles. The number of nitrogens with zero attached hydrogens (tertiary/aromatic N) is 4. The van der Waals surface area contributed by atoms with E-state index in [1.807, 2.05) is 30.3 Å². The number of aliphatic hydroxyl groups excluding tert-OH is 1. The fourth-order valence-electron chi connectivity index (χ4n) is 5.35. The summed E-state index contributed by atoms with van der Waals surface area (Å²) in [6.45, 7) is 3.15. The molecular formula is C32H38N6O6. The number of benzene rings is 1. The standard InChI is InChI=1S/C32H38N6O6/c1-19-28(40)23(16-22-12-8-14-33-18-22)35-29(41)26(36-30(42)27-25(39)13-9-15-34-27)20(2)37(3)32(44)24(38(4)31(19)43)17-21-10-6-5-7-11-21/h5-15,18-20,23-24,26,28,39-40H,16-17H2,1-4H3,(H,35,41)(H,36,42)/t19-,20-,23+,24?,26+,28+/m1/s1. The number of hydrogen-bond acceptors (Lipinski definition) is 8. The molecule has 3 aromatic rings. The molecule has 4 N–H and O–H groups in total. The first kappa shape index (κ1) is 32.1. The predicted octanol–water partition coefficient (Wildman–Crippen LogP) is 0.935. The number of rotatable bonds is 6. The molecule has 3 heterocycles. The molecule has 4 amide bonds. The number of aliphatic hydroxyl groups is 1. The van der Waals surface area contributed by atoms with Crippen LogP contribution in [-0.2, 0) is 27.2 Å². The normalized spacial score (nSPS) is 25.1. The Morgan fingerprint density at radius 3 is 2.25 bits per heavy atom. The van der Waals surface area contributed by atoms with Gasteiger partial charge < -0.3 is 30.6 Å². The zero-order valence-electron chi connectivity index (χ0n) is 25.1. The highest BCUT2D eigenvalue weighted by Crippen LogP contribution is 2.21. The van der Waals surface area contributed by atoms with Gasteiger partial charge in [0.15, 0.2) is 5.69 Å². The average molecular weight is 603 g/mol. The molecule has 1 saturated heterocycles. The highest BCUT2D eigenvalue weighted by Gasteiger charge is 2.42. The van der Waals surface area contributed by atoms with Crippen LogP contribution in [0.2, 0.25) is 0 Å². The van der Waals surface area contributed by atoms with Crippen LogP contribution in [-0.4, -0.2) is 98.0 Å². The molecule has 0 bridgehead atoms. The molecule has 232 valence electrons. The first-order chi connectivity index (χ1) is 21.0. The number of hydrogen-bond donors (Lipinski definition) is 4. The van der Waals surface area contributed by atoms with Crippen LogP contribution < -0.4 is 10.6 Å². The summed E-state index contributed by atoms with van der Waals surface area (Å²) < 4.78 is 0. The van der Waals surface area contributed by atoms with E-state index < -0.39 is 59.8 Å². The molecule has 1 aromatic carbocycles. The van der Waals surface area contributed by atoms with Crippen LogP contribution in [0.4, 0.5) is 0 Å². The van der Waals surface area contributed by atoms with Gasteiger partial charge in [-0.15, -0.1) is 0 Å².